The van der Waals surface area contributed by atoms with E-state index in [1.165, 1.54) is 0 Å². The lowest BCUT2D eigenvalue weighted by atomic mass is 10.0. The molecule has 100 valence electrons. The van der Waals surface area contributed by atoms with Gasteiger partial charge < -0.3 is 15.8 Å². The summed E-state index contributed by atoms with van der Waals surface area (Å²) in [5.74, 6) is 1.17. The number of nitrogens with zero attached hydrogens (tertiary/aromatic N) is 2. The van der Waals surface area contributed by atoms with Gasteiger partial charge in [-0.15, -0.1) is 0 Å². The number of likely N-dealkylation sites (N-methyl/N-ethyl adjacent to an activating group) is 1. The average Bonchev–Trinajstić information content (AvgIpc) is 2.46. The van der Waals surface area contributed by atoms with Crippen LogP contribution in [0.2, 0.25) is 0 Å². The van der Waals surface area contributed by atoms with Crippen LogP contribution in [0.4, 0.5) is 5.82 Å². The van der Waals surface area contributed by atoms with E-state index in [-0.39, 0.29) is 6.04 Å². The highest BCUT2D eigenvalue weighted by Crippen LogP contribution is 2.22. The second-order valence-corrected chi connectivity index (χ2v) is 4.23. The standard InChI is InChI=1S/C14H18N4O/c1-16-12(11-4-3-7-17-14(11)15)8-10-5-6-13(19-2)18-9-10/h3-7,9,12,16H,8H2,1-2H3,(H2,15,17). The molecule has 3 N–H and O–H groups in total. The van der Waals surface area contributed by atoms with E-state index < -0.39 is 0 Å². The molecule has 0 spiro atoms. The van der Waals surface area contributed by atoms with Gasteiger partial charge >= 0.3 is 0 Å². The fraction of sp³-hybridized carbons (Fsp3) is 0.286. The SMILES string of the molecule is CNC(Cc1ccc(OC)nc1)c1cccnc1N. The van der Waals surface area contributed by atoms with Crippen LogP contribution in [0.1, 0.15) is 17.2 Å². The molecule has 2 rings (SSSR count). The van der Waals surface area contributed by atoms with E-state index in [0.717, 1.165) is 17.5 Å². The second kappa shape index (κ2) is 6.15. The molecule has 0 aliphatic rings. The van der Waals surface area contributed by atoms with Crippen LogP contribution in [0.15, 0.2) is 36.7 Å². The van der Waals surface area contributed by atoms with Crippen LogP contribution in [-0.2, 0) is 6.42 Å². The molecule has 19 heavy (non-hydrogen) atoms. The molecule has 1 atom stereocenters. The molecule has 2 heterocycles. The summed E-state index contributed by atoms with van der Waals surface area (Å²) in [4.78, 5) is 8.32. The van der Waals surface area contributed by atoms with Crippen molar-refractivity contribution in [1.82, 2.24) is 15.3 Å². The van der Waals surface area contributed by atoms with Crippen LogP contribution in [-0.4, -0.2) is 24.1 Å². The number of pyridine rings is 2. The molecule has 0 saturated heterocycles. The number of nitrogens with one attached hydrogen (secondary N) is 1. The van der Waals surface area contributed by atoms with Crippen molar-refractivity contribution in [3.8, 4) is 5.88 Å². The average molecular weight is 258 g/mol. The third kappa shape index (κ3) is 3.20. The Morgan fingerprint density at radius 1 is 1.32 bits per heavy atom. The summed E-state index contributed by atoms with van der Waals surface area (Å²) in [6.45, 7) is 0. The van der Waals surface area contributed by atoms with Gasteiger partial charge in [0.15, 0.2) is 0 Å². The van der Waals surface area contributed by atoms with Crippen molar-refractivity contribution in [1.29, 1.82) is 0 Å². The van der Waals surface area contributed by atoms with Crippen LogP contribution in [0.5, 0.6) is 5.88 Å². The van der Waals surface area contributed by atoms with Crippen LogP contribution < -0.4 is 15.8 Å². The minimum absolute atomic E-state index is 0.115. The van der Waals surface area contributed by atoms with Gasteiger partial charge in [-0.1, -0.05) is 12.1 Å². The van der Waals surface area contributed by atoms with E-state index in [4.69, 9.17) is 10.5 Å². The molecular formula is C14H18N4O. The molecule has 2 aromatic heterocycles. The zero-order valence-corrected chi connectivity index (χ0v) is 11.1. The first-order valence-corrected chi connectivity index (χ1v) is 6.11. The van der Waals surface area contributed by atoms with Gasteiger partial charge in [0.1, 0.15) is 5.82 Å². The fourth-order valence-corrected chi connectivity index (χ4v) is 1.98. The van der Waals surface area contributed by atoms with Crippen molar-refractivity contribution in [3.05, 3.63) is 47.8 Å². The van der Waals surface area contributed by atoms with Crippen LogP contribution in [0.25, 0.3) is 0 Å². The minimum atomic E-state index is 0.115. The smallest absolute Gasteiger partial charge is 0.212 e. The third-order valence-corrected chi connectivity index (χ3v) is 3.04. The van der Waals surface area contributed by atoms with Gasteiger partial charge in [-0.3, -0.25) is 0 Å². The number of nitrogens with two attached hydrogens (primary N) is 1. The maximum atomic E-state index is 5.91. The molecule has 0 fully saturated rings. The summed E-state index contributed by atoms with van der Waals surface area (Å²) in [5.41, 5.74) is 8.02. The first kappa shape index (κ1) is 13.3. The van der Waals surface area contributed by atoms with Crippen LogP contribution in [0.3, 0.4) is 0 Å². The normalized spacial score (nSPS) is 12.1. The fourth-order valence-electron chi connectivity index (χ4n) is 1.98. The zero-order chi connectivity index (χ0) is 13.7. The van der Waals surface area contributed by atoms with Crippen molar-refractivity contribution in [2.75, 3.05) is 19.9 Å². The second-order valence-electron chi connectivity index (χ2n) is 4.23. The van der Waals surface area contributed by atoms with Gasteiger partial charge in [0.2, 0.25) is 5.88 Å². The van der Waals surface area contributed by atoms with Crippen LogP contribution in [0, 0.1) is 0 Å². The predicted molar refractivity (Wildman–Crippen MR) is 74.9 cm³/mol. The zero-order valence-electron chi connectivity index (χ0n) is 11.1. The third-order valence-electron chi connectivity index (χ3n) is 3.04. The van der Waals surface area contributed by atoms with E-state index in [1.54, 1.807) is 13.3 Å². The van der Waals surface area contributed by atoms with Crippen molar-refractivity contribution < 1.29 is 4.74 Å². The van der Waals surface area contributed by atoms with Crippen molar-refractivity contribution in [2.24, 2.45) is 0 Å². The minimum Gasteiger partial charge on any atom is -0.481 e. The Morgan fingerprint density at radius 2 is 2.16 bits per heavy atom. The number of ether oxygens (including phenoxy) is 1. The Labute approximate surface area is 112 Å². The molecule has 0 radical (unpaired) electrons. The Balaban J connectivity index is 2.17. The maximum absolute atomic E-state index is 5.91. The van der Waals surface area contributed by atoms with E-state index in [1.807, 2.05) is 37.5 Å². The molecule has 1 unspecified atom stereocenters. The predicted octanol–water partition coefficient (Wildman–Crippen LogP) is 1.57. The number of rotatable bonds is 5. The molecule has 0 bridgehead atoms. The molecule has 0 aliphatic carbocycles. The Morgan fingerprint density at radius 3 is 2.74 bits per heavy atom. The molecule has 0 aromatic carbocycles. The molecular weight excluding hydrogens is 240 g/mol. The van der Waals surface area contributed by atoms with E-state index in [9.17, 15) is 0 Å². The van der Waals surface area contributed by atoms with Gasteiger partial charge in [0.25, 0.3) is 0 Å². The molecule has 0 saturated carbocycles. The quantitative estimate of drug-likeness (QED) is 0.851. The largest absolute Gasteiger partial charge is 0.481 e. The topological polar surface area (TPSA) is 73.1 Å². The summed E-state index contributed by atoms with van der Waals surface area (Å²) >= 11 is 0. The van der Waals surface area contributed by atoms with E-state index >= 15 is 0 Å². The number of methoxy groups -OCH3 is 1. The lowest BCUT2D eigenvalue weighted by Gasteiger charge is -2.17. The first-order chi connectivity index (χ1) is 9.24. The van der Waals surface area contributed by atoms with Gasteiger partial charge in [0.05, 0.1) is 7.11 Å². The number of aromatic nitrogens is 2. The molecule has 5 heteroatoms. The van der Waals surface area contributed by atoms with Crippen molar-refractivity contribution >= 4 is 5.82 Å². The Bertz CT molecular complexity index is 527. The summed E-state index contributed by atoms with van der Waals surface area (Å²) < 4.78 is 5.05. The number of anilines is 1. The maximum Gasteiger partial charge on any atom is 0.212 e. The highest BCUT2D eigenvalue weighted by atomic mass is 16.5. The van der Waals surface area contributed by atoms with Crippen molar-refractivity contribution in [3.63, 3.8) is 0 Å². The molecule has 2 aromatic rings. The molecule has 5 nitrogen and oxygen atoms in total. The summed E-state index contributed by atoms with van der Waals surface area (Å²) in [5, 5.41) is 3.26. The highest BCUT2D eigenvalue weighted by Gasteiger charge is 2.13. The number of hydrogen-bond acceptors (Lipinski definition) is 5. The van der Waals surface area contributed by atoms with Gasteiger partial charge in [0, 0.05) is 30.1 Å². The first-order valence-electron chi connectivity index (χ1n) is 6.11. The Hall–Kier alpha value is -2.14. The van der Waals surface area contributed by atoms with E-state index in [2.05, 4.69) is 15.3 Å². The van der Waals surface area contributed by atoms with Crippen LogP contribution >= 0.6 is 0 Å². The molecule has 0 aliphatic heterocycles. The number of nitrogen functional groups attached to an aromatic ring is 1. The lowest BCUT2D eigenvalue weighted by molar-refractivity contribution is 0.397. The Kier molecular flexibility index (Phi) is 4.30. The highest BCUT2D eigenvalue weighted by molar-refractivity contribution is 5.41. The lowest BCUT2D eigenvalue weighted by Crippen LogP contribution is -2.20. The molecule has 0 amide bonds. The monoisotopic (exact) mass is 258 g/mol. The van der Waals surface area contributed by atoms with Gasteiger partial charge in [-0.2, -0.15) is 0 Å². The van der Waals surface area contributed by atoms with Crippen molar-refractivity contribution in [2.45, 2.75) is 12.5 Å². The summed E-state index contributed by atoms with van der Waals surface area (Å²) in [6, 6.07) is 7.85. The van der Waals surface area contributed by atoms with Gasteiger partial charge in [-0.05, 0) is 25.1 Å². The van der Waals surface area contributed by atoms with Gasteiger partial charge in [-0.25, -0.2) is 9.97 Å². The number of hydrogen-bond donors (Lipinski definition) is 2. The summed E-state index contributed by atoms with van der Waals surface area (Å²) in [7, 11) is 3.52. The van der Waals surface area contributed by atoms with E-state index in [0.29, 0.717) is 11.7 Å². The summed E-state index contributed by atoms with van der Waals surface area (Å²) in [6.07, 6.45) is 4.31.